The topological polar surface area (TPSA) is 49.4 Å². The van der Waals surface area contributed by atoms with E-state index >= 15 is 0 Å². The quantitative estimate of drug-likeness (QED) is 0.317. The van der Waals surface area contributed by atoms with Gasteiger partial charge in [0.05, 0.1) is 23.6 Å². The summed E-state index contributed by atoms with van der Waals surface area (Å²) in [6.07, 6.45) is 3.50. The summed E-state index contributed by atoms with van der Waals surface area (Å²) in [6.45, 7) is 2.97. The van der Waals surface area contributed by atoms with Crippen LogP contribution in [0.1, 0.15) is 26.2 Å². The Bertz CT molecular complexity index is 861. The first-order valence-corrected chi connectivity index (χ1v) is 8.74. The van der Waals surface area contributed by atoms with Gasteiger partial charge >= 0.3 is 0 Å². The molecule has 3 rings (SSSR count). The van der Waals surface area contributed by atoms with Crippen LogP contribution >= 0.6 is 0 Å². The zero-order valence-corrected chi connectivity index (χ0v) is 14.5. The molecule has 0 heterocycles. The van der Waals surface area contributed by atoms with E-state index in [1.807, 2.05) is 48.5 Å². The Labute approximate surface area is 148 Å². The molecule has 0 aliphatic heterocycles. The second-order valence-corrected chi connectivity index (χ2v) is 5.89. The highest BCUT2D eigenvalue weighted by Gasteiger charge is 1.98. The lowest BCUT2D eigenvalue weighted by Crippen LogP contribution is -1.78. The van der Waals surface area contributed by atoms with Crippen LogP contribution in [0.15, 0.2) is 87.2 Å². The SMILES string of the molecule is CCCCCN=Nc1ccc(N=Nc2cccc3ccccc23)cc1. The van der Waals surface area contributed by atoms with Crippen LogP contribution in [0.4, 0.5) is 17.1 Å². The lowest BCUT2D eigenvalue weighted by atomic mass is 10.1. The van der Waals surface area contributed by atoms with E-state index in [0.29, 0.717) is 0 Å². The Hall–Kier alpha value is -2.88. The van der Waals surface area contributed by atoms with Crippen LogP contribution in [0.2, 0.25) is 0 Å². The number of azo groups is 2. The Morgan fingerprint density at radius 1 is 0.680 bits per heavy atom. The molecule has 0 saturated carbocycles. The summed E-state index contributed by atoms with van der Waals surface area (Å²) in [4.78, 5) is 0. The molecule has 0 atom stereocenters. The van der Waals surface area contributed by atoms with Crippen molar-refractivity contribution in [3.8, 4) is 0 Å². The minimum Gasteiger partial charge on any atom is -0.189 e. The maximum Gasteiger partial charge on any atom is 0.0935 e. The lowest BCUT2D eigenvalue weighted by molar-refractivity contribution is 0.713. The van der Waals surface area contributed by atoms with E-state index in [0.717, 1.165) is 40.8 Å². The van der Waals surface area contributed by atoms with Crippen molar-refractivity contribution in [1.29, 1.82) is 0 Å². The van der Waals surface area contributed by atoms with E-state index < -0.39 is 0 Å². The summed E-state index contributed by atoms with van der Waals surface area (Å²) in [5.41, 5.74) is 2.52. The minimum atomic E-state index is 0.788. The molecule has 0 aliphatic rings. The molecule has 0 aliphatic carbocycles. The van der Waals surface area contributed by atoms with Crippen LogP contribution in [0.5, 0.6) is 0 Å². The molecule has 126 valence electrons. The van der Waals surface area contributed by atoms with Crippen molar-refractivity contribution in [2.24, 2.45) is 20.5 Å². The van der Waals surface area contributed by atoms with Gasteiger partial charge in [0.25, 0.3) is 0 Å². The average Bonchev–Trinajstić information content (AvgIpc) is 2.67. The van der Waals surface area contributed by atoms with Crippen molar-refractivity contribution in [2.45, 2.75) is 26.2 Å². The molecule has 4 nitrogen and oxygen atoms in total. The van der Waals surface area contributed by atoms with Gasteiger partial charge in [-0.1, -0.05) is 56.2 Å². The number of unbranched alkanes of at least 4 members (excludes halogenated alkanes) is 2. The molecule has 0 radical (unpaired) electrons. The fourth-order valence-corrected chi connectivity index (χ4v) is 2.56. The third-order valence-electron chi connectivity index (χ3n) is 3.94. The first kappa shape index (κ1) is 17.0. The fourth-order valence-electron chi connectivity index (χ4n) is 2.56. The molecule has 0 saturated heterocycles. The molecule has 0 fully saturated rings. The zero-order chi connectivity index (χ0) is 17.3. The van der Waals surface area contributed by atoms with E-state index in [2.05, 4.69) is 45.6 Å². The fraction of sp³-hybridized carbons (Fsp3) is 0.238. The van der Waals surface area contributed by atoms with Gasteiger partial charge in [0.15, 0.2) is 0 Å². The molecule has 0 spiro atoms. The van der Waals surface area contributed by atoms with Crippen LogP contribution in [0.25, 0.3) is 10.8 Å². The van der Waals surface area contributed by atoms with Gasteiger partial charge in [-0.25, -0.2) is 0 Å². The average molecular weight is 330 g/mol. The molecule has 0 bridgehead atoms. The van der Waals surface area contributed by atoms with Crippen molar-refractivity contribution in [3.05, 3.63) is 66.7 Å². The second-order valence-electron chi connectivity index (χ2n) is 5.89. The maximum atomic E-state index is 4.40. The van der Waals surface area contributed by atoms with Gasteiger partial charge in [-0.05, 0) is 42.1 Å². The number of benzene rings is 3. The summed E-state index contributed by atoms with van der Waals surface area (Å²) in [7, 11) is 0. The van der Waals surface area contributed by atoms with Gasteiger partial charge in [-0.2, -0.15) is 15.3 Å². The Kier molecular flexibility index (Phi) is 5.99. The lowest BCUT2D eigenvalue weighted by Gasteiger charge is -2.00. The molecule has 4 heteroatoms. The molecule has 0 amide bonds. The predicted octanol–water partition coefficient (Wildman–Crippen LogP) is 7.53. The third-order valence-corrected chi connectivity index (χ3v) is 3.94. The normalized spacial score (nSPS) is 11.7. The predicted molar refractivity (Wildman–Crippen MR) is 103 cm³/mol. The van der Waals surface area contributed by atoms with Gasteiger partial charge in [-0.3, -0.25) is 0 Å². The zero-order valence-electron chi connectivity index (χ0n) is 14.5. The summed E-state index contributed by atoms with van der Waals surface area (Å²) in [6, 6.07) is 21.9. The molecule has 0 N–H and O–H groups in total. The van der Waals surface area contributed by atoms with Crippen LogP contribution in [0.3, 0.4) is 0 Å². The van der Waals surface area contributed by atoms with E-state index in [4.69, 9.17) is 0 Å². The number of hydrogen-bond donors (Lipinski definition) is 0. The van der Waals surface area contributed by atoms with E-state index in [9.17, 15) is 0 Å². The van der Waals surface area contributed by atoms with E-state index in [-0.39, 0.29) is 0 Å². The van der Waals surface area contributed by atoms with E-state index in [1.54, 1.807) is 0 Å². The van der Waals surface area contributed by atoms with Crippen molar-refractivity contribution in [3.63, 3.8) is 0 Å². The Morgan fingerprint density at radius 2 is 1.40 bits per heavy atom. The van der Waals surface area contributed by atoms with E-state index in [1.165, 1.54) is 12.8 Å². The molecule has 3 aromatic carbocycles. The molecule has 0 aromatic heterocycles. The Morgan fingerprint density at radius 3 is 2.20 bits per heavy atom. The molecule has 0 unspecified atom stereocenters. The van der Waals surface area contributed by atoms with Crippen LogP contribution in [0, 0.1) is 0 Å². The second kappa shape index (κ2) is 8.83. The first-order valence-electron chi connectivity index (χ1n) is 8.74. The molecular weight excluding hydrogens is 308 g/mol. The number of nitrogens with zero attached hydrogens (tertiary/aromatic N) is 4. The molecule has 3 aromatic rings. The van der Waals surface area contributed by atoms with Crippen LogP contribution < -0.4 is 0 Å². The summed E-state index contributed by atoms with van der Waals surface area (Å²) >= 11 is 0. The van der Waals surface area contributed by atoms with Crippen LogP contribution in [-0.4, -0.2) is 6.54 Å². The summed E-state index contributed by atoms with van der Waals surface area (Å²) in [5, 5.41) is 19.4. The highest BCUT2D eigenvalue weighted by Crippen LogP contribution is 2.28. The number of fused-ring (bicyclic) bond motifs is 1. The molecular formula is C21H22N4. The maximum absolute atomic E-state index is 4.40. The number of rotatable bonds is 7. The van der Waals surface area contributed by atoms with Crippen molar-refractivity contribution in [2.75, 3.05) is 6.54 Å². The largest absolute Gasteiger partial charge is 0.189 e. The first-order chi connectivity index (χ1) is 12.4. The van der Waals surface area contributed by atoms with Gasteiger partial charge in [-0.15, -0.1) is 5.11 Å². The van der Waals surface area contributed by atoms with Gasteiger partial charge < -0.3 is 0 Å². The Balaban J connectivity index is 1.67. The van der Waals surface area contributed by atoms with Crippen molar-refractivity contribution in [1.82, 2.24) is 0 Å². The van der Waals surface area contributed by atoms with Crippen molar-refractivity contribution >= 4 is 27.8 Å². The standard InChI is InChI=1S/C21H22N4/c1-2-3-6-16-22-23-18-12-14-19(15-13-18)24-25-21-11-7-9-17-8-4-5-10-20(17)21/h4-5,7-15H,2-3,6,16H2,1H3. The summed E-state index contributed by atoms with van der Waals surface area (Å²) in [5.74, 6) is 0. The van der Waals surface area contributed by atoms with Gasteiger partial charge in [0.1, 0.15) is 0 Å². The number of hydrogen-bond acceptors (Lipinski definition) is 4. The monoisotopic (exact) mass is 330 g/mol. The van der Waals surface area contributed by atoms with Crippen molar-refractivity contribution < 1.29 is 0 Å². The summed E-state index contributed by atoms with van der Waals surface area (Å²) < 4.78 is 0. The van der Waals surface area contributed by atoms with Gasteiger partial charge in [0, 0.05) is 5.39 Å². The molecule has 25 heavy (non-hydrogen) atoms. The van der Waals surface area contributed by atoms with Gasteiger partial charge in [0.2, 0.25) is 0 Å². The third kappa shape index (κ3) is 4.80. The smallest absolute Gasteiger partial charge is 0.0935 e. The highest BCUT2D eigenvalue weighted by molar-refractivity contribution is 5.92. The minimum absolute atomic E-state index is 0.788. The highest BCUT2D eigenvalue weighted by atomic mass is 15.1. The van der Waals surface area contributed by atoms with Crippen LogP contribution in [-0.2, 0) is 0 Å².